The van der Waals surface area contributed by atoms with Crippen molar-refractivity contribution in [1.29, 1.82) is 0 Å². The Kier molecular flexibility index (Phi) is 2.41. The Hall–Kier alpha value is -0.370. The van der Waals surface area contributed by atoms with Gasteiger partial charge in [0.2, 0.25) is 0 Å². The third-order valence-electron chi connectivity index (χ3n) is 3.82. The van der Waals surface area contributed by atoms with Crippen molar-refractivity contribution >= 4 is 5.78 Å². The van der Waals surface area contributed by atoms with Crippen LogP contribution in [-0.4, -0.2) is 19.0 Å². The molecule has 0 bridgehead atoms. The van der Waals surface area contributed by atoms with E-state index in [1.807, 2.05) is 0 Å². The van der Waals surface area contributed by atoms with E-state index in [2.05, 4.69) is 0 Å². The molecule has 0 aliphatic heterocycles. The van der Waals surface area contributed by atoms with E-state index >= 15 is 0 Å². The van der Waals surface area contributed by atoms with Gasteiger partial charge in [0.15, 0.2) is 0 Å². The first-order valence-corrected chi connectivity index (χ1v) is 5.36. The highest BCUT2D eigenvalue weighted by molar-refractivity contribution is 5.86. The van der Waals surface area contributed by atoms with Crippen LogP contribution in [0.25, 0.3) is 0 Å². The quantitative estimate of drug-likeness (QED) is 0.622. The number of rotatable bonds is 1. The van der Waals surface area contributed by atoms with E-state index in [0.717, 1.165) is 32.1 Å². The second-order valence-corrected chi connectivity index (χ2v) is 4.40. The van der Waals surface area contributed by atoms with Crippen LogP contribution in [0.4, 0.5) is 0 Å². The van der Waals surface area contributed by atoms with Gasteiger partial charge < -0.3 is 4.74 Å². The van der Waals surface area contributed by atoms with E-state index in [-0.39, 0.29) is 11.5 Å². The van der Waals surface area contributed by atoms with Crippen molar-refractivity contribution in [2.24, 2.45) is 5.41 Å². The maximum atomic E-state index is 11.9. The largest absolute Gasteiger partial charge is 0.380 e. The molecule has 2 aliphatic rings. The summed E-state index contributed by atoms with van der Waals surface area (Å²) in [5.41, 5.74) is -0.0625. The molecule has 2 atom stereocenters. The average molecular weight is 182 g/mol. The number of ketones is 1. The van der Waals surface area contributed by atoms with Gasteiger partial charge in [-0.25, -0.2) is 0 Å². The van der Waals surface area contributed by atoms with Crippen LogP contribution in [0.3, 0.4) is 0 Å². The van der Waals surface area contributed by atoms with Crippen LogP contribution in [0.1, 0.15) is 44.9 Å². The summed E-state index contributed by atoms with van der Waals surface area (Å²) < 4.78 is 5.45. The summed E-state index contributed by atoms with van der Waals surface area (Å²) in [5, 5.41) is 0. The minimum Gasteiger partial charge on any atom is -0.380 e. The van der Waals surface area contributed by atoms with Crippen LogP contribution in [0, 0.1) is 5.41 Å². The monoisotopic (exact) mass is 182 g/mol. The highest BCUT2D eigenvalue weighted by Crippen LogP contribution is 2.47. The lowest BCUT2D eigenvalue weighted by Crippen LogP contribution is -2.41. The molecule has 0 amide bonds. The fourth-order valence-corrected chi connectivity index (χ4v) is 3.10. The summed E-state index contributed by atoms with van der Waals surface area (Å²) in [7, 11) is 1.75. The van der Waals surface area contributed by atoms with Crippen LogP contribution in [0.15, 0.2) is 0 Å². The SMILES string of the molecule is CO[C@@H]1CCC[C@@]12CCCCC2=O. The van der Waals surface area contributed by atoms with E-state index in [9.17, 15) is 4.79 Å². The Morgan fingerprint density at radius 2 is 2.08 bits per heavy atom. The van der Waals surface area contributed by atoms with Gasteiger partial charge in [0.05, 0.1) is 11.5 Å². The van der Waals surface area contributed by atoms with Crippen molar-refractivity contribution in [1.82, 2.24) is 0 Å². The molecule has 0 saturated heterocycles. The molecule has 74 valence electrons. The van der Waals surface area contributed by atoms with Gasteiger partial charge in [-0.3, -0.25) is 4.79 Å². The Labute approximate surface area is 79.7 Å². The number of carbonyl (C=O) groups excluding carboxylic acids is 1. The lowest BCUT2D eigenvalue weighted by Gasteiger charge is -2.36. The van der Waals surface area contributed by atoms with Crippen molar-refractivity contribution in [2.45, 2.75) is 51.0 Å². The molecular weight excluding hydrogens is 164 g/mol. The minimum atomic E-state index is -0.0625. The summed E-state index contributed by atoms with van der Waals surface area (Å²) >= 11 is 0. The fourth-order valence-electron chi connectivity index (χ4n) is 3.10. The molecule has 2 saturated carbocycles. The van der Waals surface area contributed by atoms with Crippen LogP contribution in [-0.2, 0) is 9.53 Å². The van der Waals surface area contributed by atoms with E-state index in [1.54, 1.807) is 7.11 Å². The summed E-state index contributed by atoms with van der Waals surface area (Å²) in [6.45, 7) is 0. The van der Waals surface area contributed by atoms with Gasteiger partial charge >= 0.3 is 0 Å². The number of Topliss-reactive ketones (excluding diaryl/α,β-unsaturated/α-hetero) is 1. The molecule has 0 unspecified atom stereocenters. The van der Waals surface area contributed by atoms with E-state index in [4.69, 9.17) is 4.74 Å². The number of methoxy groups -OCH3 is 1. The first-order valence-electron chi connectivity index (χ1n) is 5.36. The maximum absolute atomic E-state index is 11.9. The molecule has 13 heavy (non-hydrogen) atoms. The number of hydrogen-bond donors (Lipinski definition) is 0. The van der Waals surface area contributed by atoms with Gasteiger partial charge in [-0.1, -0.05) is 6.42 Å². The van der Waals surface area contributed by atoms with Crippen LogP contribution in [0.5, 0.6) is 0 Å². The molecule has 2 nitrogen and oxygen atoms in total. The predicted octanol–water partition coefficient (Wildman–Crippen LogP) is 2.31. The molecular formula is C11H18O2. The van der Waals surface area contributed by atoms with Gasteiger partial charge in [0.25, 0.3) is 0 Å². The topological polar surface area (TPSA) is 26.3 Å². The smallest absolute Gasteiger partial charge is 0.141 e. The van der Waals surface area contributed by atoms with Gasteiger partial charge in [0.1, 0.15) is 5.78 Å². The summed E-state index contributed by atoms with van der Waals surface area (Å²) in [6.07, 6.45) is 7.73. The predicted molar refractivity (Wildman–Crippen MR) is 50.6 cm³/mol. The van der Waals surface area contributed by atoms with Crippen molar-refractivity contribution in [3.8, 4) is 0 Å². The second-order valence-electron chi connectivity index (χ2n) is 4.40. The normalized spacial score (nSPS) is 40.1. The number of hydrogen-bond acceptors (Lipinski definition) is 2. The average Bonchev–Trinajstić information content (AvgIpc) is 2.55. The second kappa shape index (κ2) is 3.41. The molecule has 2 rings (SSSR count). The van der Waals surface area contributed by atoms with Gasteiger partial charge in [0, 0.05) is 13.5 Å². The van der Waals surface area contributed by atoms with Crippen LogP contribution >= 0.6 is 0 Å². The van der Waals surface area contributed by atoms with Gasteiger partial charge in [-0.2, -0.15) is 0 Å². The highest BCUT2D eigenvalue weighted by atomic mass is 16.5. The Morgan fingerprint density at radius 1 is 1.31 bits per heavy atom. The van der Waals surface area contributed by atoms with E-state index < -0.39 is 0 Å². The van der Waals surface area contributed by atoms with Crippen molar-refractivity contribution in [3.05, 3.63) is 0 Å². The minimum absolute atomic E-state index is 0.0625. The van der Waals surface area contributed by atoms with Crippen LogP contribution in [0.2, 0.25) is 0 Å². The molecule has 2 aliphatic carbocycles. The molecule has 0 aromatic rings. The van der Waals surface area contributed by atoms with Gasteiger partial charge in [-0.15, -0.1) is 0 Å². The first kappa shape index (κ1) is 9.20. The standard InChI is InChI=1S/C11H18O2/c1-13-10-6-4-8-11(10)7-3-2-5-9(11)12/h10H,2-8H2,1H3/t10-,11-/m1/s1. The van der Waals surface area contributed by atoms with Crippen molar-refractivity contribution < 1.29 is 9.53 Å². The van der Waals surface area contributed by atoms with E-state index in [1.165, 1.54) is 12.8 Å². The first-order chi connectivity index (χ1) is 6.29. The zero-order valence-corrected chi connectivity index (χ0v) is 8.34. The third kappa shape index (κ3) is 1.32. The van der Waals surface area contributed by atoms with Crippen molar-refractivity contribution in [2.75, 3.05) is 7.11 Å². The number of carbonyl (C=O) groups is 1. The lowest BCUT2D eigenvalue weighted by atomic mass is 9.70. The zero-order valence-electron chi connectivity index (χ0n) is 8.34. The maximum Gasteiger partial charge on any atom is 0.141 e. The highest BCUT2D eigenvalue weighted by Gasteiger charge is 2.49. The number of ether oxygens (including phenoxy) is 1. The summed E-state index contributed by atoms with van der Waals surface area (Å²) in [6, 6.07) is 0. The molecule has 0 aromatic heterocycles. The van der Waals surface area contributed by atoms with Crippen LogP contribution < -0.4 is 0 Å². The Morgan fingerprint density at radius 3 is 2.77 bits per heavy atom. The summed E-state index contributed by atoms with van der Waals surface area (Å²) in [5.74, 6) is 0.475. The fraction of sp³-hybridized carbons (Fsp3) is 0.909. The third-order valence-corrected chi connectivity index (χ3v) is 3.82. The molecule has 0 N–H and O–H groups in total. The molecule has 0 heterocycles. The molecule has 2 heteroatoms. The molecule has 0 radical (unpaired) electrons. The van der Waals surface area contributed by atoms with Gasteiger partial charge in [-0.05, 0) is 32.1 Å². The Bertz CT molecular complexity index is 212. The van der Waals surface area contributed by atoms with Crippen molar-refractivity contribution in [3.63, 3.8) is 0 Å². The Balaban J connectivity index is 2.20. The molecule has 1 spiro atoms. The molecule has 0 aromatic carbocycles. The molecule has 2 fully saturated rings. The van der Waals surface area contributed by atoms with E-state index in [0.29, 0.717) is 5.78 Å². The summed E-state index contributed by atoms with van der Waals surface area (Å²) in [4.78, 5) is 11.9. The zero-order chi connectivity index (χ0) is 9.31. The lowest BCUT2D eigenvalue weighted by molar-refractivity contribution is -0.138.